The summed E-state index contributed by atoms with van der Waals surface area (Å²) in [4.78, 5) is 5.17. The minimum atomic E-state index is 0.556. The third-order valence-corrected chi connectivity index (χ3v) is 6.01. The number of hydrogen-bond donors (Lipinski definition) is 0. The highest BCUT2D eigenvalue weighted by molar-refractivity contribution is 5.15. The third-order valence-electron chi connectivity index (χ3n) is 6.01. The highest BCUT2D eigenvalue weighted by Crippen LogP contribution is 2.24. The molecule has 0 aliphatic carbocycles. The zero-order valence-corrected chi connectivity index (χ0v) is 18.6. The maximum absolute atomic E-state index is 2.61. The van der Waals surface area contributed by atoms with Crippen molar-refractivity contribution in [2.24, 2.45) is 0 Å². The summed E-state index contributed by atoms with van der Waals surface area (Å²) >= 11 is 0. The molecular formula is C26H44N2. The Kier molecular flexibility index (Phi) is 11.9. The summed E-state index contributed by atoms with van der Waals surface area (Å²) in [6.07, 6.45) is 23.2. The van der Waals surface area contributed by atoms with Gasteiger partial charge in [0.1, 0.15) is 6.17 Å². The largest absolute Gasteiger partial charge is 0.356 e. The topological polar surface area (TPSA) is 6.48 Å². The van der Waals surface area contributed by atoms with Crippen LogP contribution in [0.15, 0.2) is 42.7 Å². The van der Waals surface area contributed by atoms with E-state index in [0.29, 0.717) is 6.17 Å². The molecule has 28 heavy (non-hydrogen) atoms. The number of unbranched alkanes of at least 4 members (excludes halogenated alkanes) is 10. The van der Waals surface area contributed by atoms with Gasteiger partial charge in [-0.3, -0.25) is 0 Å². The SMILES string of the molecule is CCCCCCCCCCCN1C=CN(Cc2ccccc2)C1CCCCC. The molecule has 0 saturated carbocycles. The van der Waals surface area contributed by atoms with Crippen LogP contribution in [0.3, 0.4) is 0 Å². The second-order valence-electron chi connectivity index (χ2n) is 8.50. The molecule has 1 heterocycles. The molecule has 2 nitrogen and oxygen atoms in total. The summed E-state index contributed by atoms with van der Waals surface area (Å²) in [5.74, 6) is 0. The first-order valence-electron chi connectivity index (χ1n) is 12.1. The molecule has 0 amide bonds. The Morgan fingerprint density at radius 3 is 1.89 bits per heavy atom. The predicted molar refractivity (Wildman–Crippen MR) is 123 cm³/mol. The maximum Gasteiger partial charge on any atom is 0.101 e. The standard InChI is InChI=1S/C26H44N2/c1-3-5-7-8-9-10-11-12-17-21-27-22-23-28(26(27)20-14-6-4-2)24-25-18-15-13-16-19-25/h13,15-16,18-19,22-23,26H,3-12,14,17,20-21,24H2,1-2H3. The van der Waals surface area contributed by atoms with Crippen molar-refractivity contribution in [3.63, 3.8) is 0 Å². The van der Waals surface area contributed by atoms with Crippen LogP contribution in [0.1, 0.15) is 103 Å². The van der Waals surface area contributed by atoms with Crippen LogP contribution in [0.5, 0.6) is 0 Å². The predicted octanol–water partition coefficient (Wildman–Crippen LogP) is 7.71. The summed E-state index contributed by atoms with van der Waals surface area (Å²) in [5.41, 5.74) is 1.41. The molecule has 1 aromatic rings. The monoisotopic (exact) mass is 384 g/mol. The minimum absolute atomic E-state index is 0.556. The second kappa shape index (κ2) is 14.5. The first-order valence-corrected chi connectivity index (χ1v) is 12.1. The molecule has 1 unspecified atom stereocenters. The Morgan fingerprint density at radius 2 is 1.21 bits per heavy atom. The molecule has 2 heteroatoms. The van der Waals surface area contributed by atoms with Gasteiger partial charge in [-0.2, -0.15) is 0 Å². The molecule has 2 rings (SSSR count). The van der Waals surface area contributed by atoms with Gasteiger partial charge in [-0.25, -0.2) is 0 Å². The highest BCUT2D eigenvalue weighted by Gasteiger charge is 2.25. The Bertz CT molecular complexity index is 510. The fourth-order valence-electron chi connectivity index (χ4n) is 4.25. The van der Waals surface area contributed by atoms with E-state index in [2.05, 4.69) is 66.4 Å². The number of benzene rings is 1. The molecule has 0 radical (unpaired) electrons. The van der Waals surface area contributed by atoms with Gasteiger partial charge < -0.3 is 9.80 Å². The summed E-state index contributed by atoms with van der Waals surface area (Å²) in [6.45, 7) is 6.84. The van der Waals surface area contributed by atoms with Gasteiger partial charge in [0, 0.05) is 25.5 Å². The normalized spacial score (nSPS) is 16.3. The lowest BCUT2D eigenvalue weighted by atomic mass is 10.1. The summed E-state index contributed by atoms with van der Waals surface area (Å²) < 4.78 is 0. The van der Waals surface area contributed by atoms with Gasteiger partial charge in [-0.05, 0) is 24.8 Å². The van der Waals surface area contributed by atoms with Gasteiger partial charge in [-0.15, -0.1) is 0 Å². The summed E-state index contributed by atoms with van der Waals surface area (Å²) in [6, 6.07) is 10.9. The third kappa shape index (κ3) is 8.71. The molecule has 1 aliphatic heterocycles. The molecule has 0 spiro atoms. The Balaban J connectivity index is 1.70. The van der Waals surface area contributed by atoms with Gasteiger partial charge in [0.2, 0.25) is 0 Å². The van der Waals surface area contributed by atoms with Crippen molar-refractivity contribution in [3.05, 3.63) is 48.3 Å². The van der Waals surface area contributed by atoms with Gasteiger partial charge in [0.15, 0.2) is 0 Å². The average Bonchev–Trinajstić information content (AvgIpc) is 3.09. The summed E-state index contributed by atoms with van der Waals surface area (Å²) in [5, 5.41) is 0. The molecule has 0 N–H and O–H groups in total. The first kappa shape index (κ1) is 22.8. The highest BCUT2D eigenvalue weighted by atomic mass is 15.4. The van der Waals surface area contributed by atoms with E-state index in [1.165, 1.54) is 95.6 Å². The van der Waals surface area contributed by atoms with Crippen LogP contribution in [0.4, 0.5) is 0 Å². The molecular weight excluding hydrogens is 340 g/mol. The molecule has 158 valence electrons. The molecule has 1 atom stereocenters. The van der Waals surface area contributed by atoms with Crippen LogP contribution in [0, 0.1) is 0 Å². The zero-order chi connectivity index (χ0) is 19.9. The lowest BCUT2D eigenvalue weighted by Crippen LogP contribution is -2.38. The van der Waals surface area contributed by atoms with Gasteiger partial charge in [0.25, 0.3) is 0 Å². The Morgan fingerprint density at radius 1 is 0.643 bits per heavy atom. The number of nitrogens with zero attached hydrogens (tertiary/aromatic N) is 2. The van der Waals surface area contributed by atoms with E-state index < -0.39 is 0 Å². The van der Waals surface area contributed by atoms with Crippen molar-refractivity contribution >= 4 is 0 Å². The minimum Gasteiger partial charge on any atom is -0.356 e. The van der Waals surface area contributed by atoms with Gasteiger partial charge in [-0.1, -0.05) is 108 Å². The lowest BCUT2D eigenvalue weighted by Gasteiger charge is -2.33. The van der Waals surface area contributed by atoms with E-state index in [1.807, 2.05) is 0 Å². The van der Waals surface area contributed by atoms with Gasteiger partial charge >= 0.3 is 0 Å². The molecule has 0 aromatic heterocycles. The zero-order valence-electron chi connectivity index (χ0n) is 18.6. The van der Waals surface area contributed by atoms with Crippen molar-refractivity contribution in [1.82, 2.24) is 9.80 Å². The second-order valence-corrected chi connectivity index (χ2v) is 8.50. The number of hydrogen-bond acceptors (Lipinski definition) is 2. The van der Waals surface area contributed by atoms with E-state index in [0.717, 1.165) is 6.54 Å². The quantitative estimate of drug-likeness (QED) is 0.269. The van der Waals surface area contributed by atoms with Crippen molar-refractivity contribution in [1.29, 1.82) is 0 Å². The molecule has 0 saturated heterocycles. The van der Waals surface area contributed by atoms with E-state index >= 15 is 0 Å². The molecule has 1 aromatic carbocycles. The van der Waals surface area contributed by atoms with E-state index in [-0.39, 0.29) is 0 Å². The van der Waals surface area contributed by atoms with E-state index in [1.54, 1.807) is 0 Å². The van der Waals surface area contributed by atoms with E-state index in [9.17, 15) is 0 Å². The smallest absolute Gasteiger partial charge is 0.101 e. The number of rotatable bonds is 16. The van der Waals surface area contributed by atoms with Crippen LogP contribution < -0.4 is 0 Å². The van der Waals surface area contributed by atoms with Crippen molar-refractivity contribution in [3.8, 4) is 0 Å². The van der Waals surface area contributed by atoms with Crippen molar-refractivity contribution < 1.29 is 0 Å². The summed E-state index contributed by atoms with van der Waals surface area (Å²) in [7, 11) is 0. The van der Waals surface area contributed by atoms with Gasteiger partial charge in [0.05, 0.1) is 0 Å². The molecule has 0 bridgehead atoms. The van der Waals surface area contributed by atoms with Crippen LogP contribution in [0.2, 0.25) is 0 Å². The fourth-order valence-corrected chi connectivity index (χ4v) is 4.25. The molecule has 0 fully saturated rings. The van der Waals surface area contributed by atoms with Crippen LogP contribution in [-0.2, 0) is 6.54 Å². The lowest BCUT2D eigenvalue weighted by molar-refractivity contribution is 0.132. The van der Waals surface area contributed by atoms with Crippen molar-refractivity contribution in [2.45, 2.75) is 110 Å². The average molecular weight is 385 g/mol. The first-order chi connectivity index (χ1) is 13.8. The van der Waals surface area contributed by atoms with Crippen LogP contribution in [-0.4, -0.2) is 22.5 Å². The van der Waals surface area contributed by atoms with Crippen LogP contribution >= 0.6 is 0 Å². The fraction of sp³-hybridized carbons (Fsp3) is 0.692. The Hall–Kier alpha value is -1.44. The van der Waals surface area contributed by atoms with Crippen LogP contribution in [0.25, 0.3) is 0 Å². The van der Waals surface area contributed by atoms with E-state index in [4.69, 9.17) is 0 Å². The maximum atomic E-state index is 2.61. The Labute approximate surface area is 175 Å². The molecule has 1 aliphatic rings. The van der Waals surface area contributed by atoms with Crippen molar-refractivity contribution in [2.75, 3.05) is 6.54 Å².